The van der Waals surface area contributed by atoms with Crippen LogP contribution >= 0.6 is 0 Å². The van der Waals surface area contributed by atoms with E-state index in [1.165, 1.54) is 50.8 Å². The van der Waals surface area contributed by atoms with Gasteiger partial charge in [0, 0.05) is 0 Å². The van der Waals surface area contributed by atoms with Crippen molar-refractivity contribution in [2.24, 2.45) is 0 Å². The van der Waals surface area contributed by atoms with Crippen molar-refractivity contribution in [1.82, 2.24) is 4.90 Å². The molecule has 3 rings (SSSR count). The molecule has 1 aromatic rings. The van der Waals surface area contributed by atoms with Gasteiger partial charge < -0.3 is 5.11 Å². The summed E-state index contributed by atoms with van der Waals surface area (Å²) in [6.45, 7) is 4.52. The zero-order chi connectivity index (χ0) is 14.7. The maximum Gasteiger partial charge on any atom is 0.0973 e. The first-order valence-corrected chi connectivity index (χ1v) is 8.78. The van der Waals surface area contributed by atoms with E-state index in [-0.39, 0.29) is 11.6 Å². The van der Waals surface area contributed by atoms with E-state index >= 15 is 0 Å². The maximum absolute atomic E-state index is 11.2. The van der Waals surface area contributed by atoms with Crippen LogP contribution in [-0.4, -0.2) is 28.6 Å². The molecule has 1 aliphatic heterocycles. The predicted octanol–water partition coefficient (Wildman–Crippen LogP) is 4.08. The van der Waals surface area contributed by atoms with E-state index in [1.807, 2.05) is 0 Å². The number of nitrogens with zero attached hydrogens (tertiary/aromatic N) is 1. The Morgan fingerprint density at radius 2 is 1.81 bits per heavy atom. The fraction of sp³-hybridized carbons (Fsp3) is 0.684. The quantitative estimate of drug-likeness (QED) is 0.902. The molecule has 0 radical (unpaired) electrons. The predicted molar refractivity (Wildman–Crippen MR) is 87.4 cm³/mol. The molecule has 0 amide bonds. The van der Waals surface area contributed by atoms with Gasteiger partial charge in [0.05, 0.1) is 11.6 Å². The van der Waals surface area contributed by atoms with Gasteiger partial charge in [-0.05, 0) is 56.3 Å². The highest BCUT2D eigenvalue weighted by atomic mass is 16.3. The Balaban J connectivity index is 1.88. The Hall–Kier alpha value is -0.860. The van der Waals surface area contributed by atoms with Gasteiger partial charge in [-0.2, -0.15) is 0 Å². The third-order valence-corrected chi connectivity index (χ3v) is 5.64. The topological polar surface area (TPSA) is 23.5 Å². The molecule has 116 valence electrons. The van der Waals surface area contributed by atoms with Gasteiger partial charge in [0.15, 0.2) is 0 Å². The summed E-state index contributed by atoms with van der Waals surface area (Å²) < 4.78 is 0. The first-order chi connectivity index (χ1) is 10.3. The molecule has 1 atom stereocenters. The number of aliphatic hydroxyl groups is 1. The molecule has 1 aliphatic carbocycles. The van der Waals surface area contributed by atoms with Crippen molar-refractivity contribution in [2.45, 2.75) is 69.9 Å². The molecule has 1 unspecified atom stereocenters. The van der Waals surface area contributed by atoms with Crippen molar-refractivity contribution in [1.29, 1.82) is 0 Å². The van der Waals surface area contributed by atoms with Gasteiger partial charge in [-0.1, -0.05) is 50.5 Å². The minimum atomic E-state index is -0.329. The molecular weight excluding hydrogens is 258 g/mol. The van der Waals surface area contributed by atoms with Crippen LogP contribution in [0.25, 0.3) is 0 Å². The van der Waals surface area contributed by atoms with Crippen molar-refractivity contribution in [2.75, 3.05) is 13.1 Å². The van der Waals surface area contributed by atoms with Crippen LogP contribution in [0.2, 0.25) is 0 Å². The van der Waals surface area contributed by atoms with Gasteiger partial charge in [0.25, 0.3) is 0 Å². The molecule has 1 N–H and O–H groups in total. The largest absolute Gasteiger partial charge is 0.386 e. The molecule has 2 nitrogen and oxygen atoms in total. The average molecular weight is 287 g/mol. The van der Waals surface area contributed by atoms with Crippen molar-refractivity contribution in [3.05, 3.63) is 35.4 Å². The molecule has 21 heavy (non-hydrogen) atoms. The standard InChI is InChI=1S/C19H29NO/c1-2-16-9-8-10-17(15-16)18(21)19(11-4-5-12-19)20-13-6-3-7-14-20/h8-10,15,18,21H,2-7,11-14H2,1H3. The second-order valence-corrected chi connectivity index (χ2v) is 6.86. The van der Waals surface area contributed by atoms with Crippen molar-refractivity contribution in [3.63, 3.8) is 0 Å². The first kappa shape index (κ1) is 15.1. The highest BCUT2D eigenvalue weighted by molar-refractivity contribution is 5.28. The minimum Gasteiger partial charge on any atom is -0.386 e. The number of hydrogen-bond donors (Lipinski definition) is 1. The molecule has 2 aliphatic rings. The molecular formula is C19H29NO. The Bertz CT molecular complexity index is 458. The minimum absolute atomic E-state index is 0.00673. The third-order valence-electron chi connectivity index (χ3n) is 5.64. The Morgan fingerprint density at radius 1 is 1.10 bits per heavy atom. The number of hydrogen-bond acceptors (Lipinski definition) is 2. The summed E-state index contributed by atoms with van der Waals surface area (Å²) in [5, 5.41) is 11.2. The van der Waals surface area contributed by atoms with Crippen LogP contribution in [0.5, 0.6) is 0 Å². The van der Waals surface area contributed by atoms with E-state index < -0.39 is 0 Å². The third kappa shape index (κ3) is 2.89. The summed E-state index contributed by atoms with van der Waals surface area (Å²) in [5.41, 5.74) is 2.47. The molecule has 1 heterocycles. The van der Waals surface area contributed by atoms with E-state index in [1.54, 1.807) is 0 Å². The summed E-state index contributed by atoms with van der Waals surface area (Å²) in [5.74, 6) is 0. The van der Waals surface area contributed by atoms with Crippen molar-refractivity contribution in [3.8, 4) is 0 Å². The summed E-state index contributed by atoms with van der Waals surface area (Å²) in [6, 6.07) is 8.61. The highest BCUT2D eigenvalue weighted by Gasteiger charge is 2.46. The molecule has 2 fully saturated rings. The van der Waals surface area contributed by atoms with Crippen LogP contribution in [0.15, 0.2) is 24.3 Å². The van der Waals surface area contributed by atoms with Crippen LogP contribution in [0.1, 0.15) is 69.1 Å². The Kier molecular flexibility index (Phi) is 4.66. The van der Waals surface area contributed by atoms with E-state index in [0.29, 0.717) is 0 Å². The lowest BCUT2D eigenvalue weighted by molar-refractivity contribution is -0.0405. The number of aliphatic hydroxyl groups excluding tert-OH is 1. The van der Waals surface area contributed by atoms with Crippen LogP contribution in [-0.2, 0) is 6.42 Å². The fourth-order valence-corrected chi connectivity index (χ4v) is 4.38. The van der Waals surface area contributed by atoms with Crippen molar-refractivity contribution < 1.29 is 5.11 Å². The average Bonchev–Trinajstić information content (AvgIpc) is 3.06. The Labute approximate surface area is 129 Å². The summed E-state index contributed by atoms with van der Waals surface area (Å²) in [4.78, 5) is 2.62. The van der Waals surface area contributed by atoms with Gasteiger partial charge in [-0.3, -0.25) is 4.90 Å². The molecule has 2 heteroatoms. The number of likely N-dealkylation sites (tertiary alicyclic amines) is 1. The lowest BCUT2D eigenvalue weighted by Gasteiger charge is -2.46. The monoisotopic (exact) mass is 287 g/mol. The molecule has 1 saturated carbocycles. The number of aryl methyl sites for hydroxylation is 1. The van der Waals surface area contributed by atoms with Crippen LogP contribution in [0, 0.1) is 0 Å². The molecule has 1 saturated heterocycles. The number of rotatable bonds is 4. The van der Waals surface area contributed by atoms with E-state index in [9.17, 15) is 5.11 Å². The molecule has 0 spiro atoms. The maximum atomic E-state index is 11.2. The van der Waals surface area contributed by atoms with Gasteiger partial charge in [-0.25, -0.2) is 0 Å². The van der Waals surface area contributed by atoms with Gasteiger partial charge in [0.2, 0.25) is 0 Å². The number of piperidine rings is 1. The van der Waals surface area contributed by atoms with E-state index in [0.717, 1.165) is 24.8 Å². The normalized spacial score (nSPS) is 24.1. The lowest BCUT2D eigenvalue weighted by atomic mass is 9.82. The fourth-order valence-electron chi connectivity index (χ4n) is 4.38. The summed E-state index contributed by atoms with van der Waals surface area (Å²) in [6.07, 6.45) is 9.50. The highest BCUT2D eigenvalue weighted by Crippen LogP contribution is 2.45. The molecule has 0 aromatic heterocycles. The van der Waals surface area contributed by atoms with Gasteiger partial charge in [-0.15, -0.1) is 0 Å². The second kappa shape index (κ2) is 6.50. The van der Waals surface area contributed by atoms with Crippen molar-refractivity contribution >= 4 is 0 Å². The van der Waals surface area contributed by atoms with E-state index in [4.69, 9.17) is 0 Å². The zero-order valence-corrected chi connectivity index (χ0v) is 13.4. The van der Waals surface area contributed by atoms with Crippen LogP contribution in [0.3, 0.4) is 0 Å². The molecule has 0 bridgehead atoms. The summed E-state index contributed by atoms with van der Waals surface area (Å²) in [7, 11) is 0. The van der Waals surface area contributed by atoms with E-state index in [2.05, 4.69) is 36.1 Å². The van der Waals surface area contributed by atoms with Crippen LogP contribution in [0.4, 0.5) is 0 Å². The lowest BCUT2D eigenvalue weighted by Crippen LogP contribution is -2.53. The smallest absolute Gasteiger partial charge is 0.0973 e. The second-order valence-electron chi connectivity index (χ2n) is 6.86. The number of benzene rings is 1. The van der Waals surface area contributed by atoms with Gasteiger partial charge >= 0.3 is 0 Å². The summed E-state index contributed by atoms with van der Waals surface area (Å²) >= 11 is 0. The SMILES string of the molecule is CCc1cccc(C(O)C2(N3CCCCC3)CCCC2)c1. The first-order valence-electron chi connectivity index (χ1n) is 8.78. The molecule has 1 aromatic carbocycles. The zero-order valence-electron chi connectivity index (χ0n) is 13.4. The van der Waals surface area contributed by atoms with Gasteiger partial charge in [0.1, 0.15) is 0 Å². The Morgan fingerprint density at radius 3 is 2.48 bits per heavy atom. The van der Waals surface area contributed by atoms with Crippen LogP contribution < -0.4 is 0 Å².